The van der Waals surface area contributed by atoms with Gasteiger partial charge in [0.25, 0.3) is 0 Å². The van der Waals surface area contributed by atoms with Crippen molar-refractivity contribution >= 4 is 11.8 Å². The van der Waals surface area contributed by atoms with E-state index in [2.05, 4.69) is 17.1 Å². The van der Waals surface area contributed by atoms with Crippen LogP contribution in [-0.4, -0.2) is 44.1 Å². The van der Waals surface area contributed by atoms with Crippen LogP contribution in [0.1, 0.15) is 26.7 Å². The molecule has 0 atom stereocenters. The summed E-state index contributed by atoms with van der Waals surface area (Å²) in [5, 5.41) is 3.47. The zero-order valence-electron chi connectivity index (χ0n) is 10.5. The Kier molecular flexibility index (Phi) is 8.29. The van der Waals surface area contributed by atoms with Gasteiger partial charge >= 0.3 is 0 Å². The van der Waals surface area contributed by atoms with Crippen molar-refractivity contribution in [3.8, 4) is 0 Å². The Morgan fingerprint density at radius 3 is 2.38 bits per heavy atom. The van der Waals surface area contributed by atoms with Crippen LogP contribution in [0.4, 0.5) is 0 Å². The molecule has 0 bridgehead atoms. The minimum absolute atomic E-state index is 0.0760. The lowest BCUT2D eigenvalue weighted by Gasteiger charge is -2.23. The van der Waals surface area contributed by atoms with Crippen LogP contribution in [0.5, 0.6) is 0 Å². The molecular formula is C12H25NO2S. The third kappa shape index (κ3) is 6.09. The molecule has 0 aromatic heterocycles. The molecule has 0 spiro atoms. The van der Waals surface area contributed by atoms with E-state index in [1.165, 1.54) is 24.3 Å². The lowest BCUT2D eigenvalue weighted by molar-refractivity contribution is -0.133. The maximum absolute atomic E-state index is 5.48. The number of thioether (sulfide) groups is 1. The maximum atomic E-state index is 5.48. The monoisotopic (exact) mass is 247 g/mol. The molecule has 0 aromatic carbocycles. The average molecular weight is 247 g/mol. The van der Waals surface area contributed by atoms with E-state index < -0.39 is 0 Å². The Labute approximate surface area is 104 Å². The van der Waals surface area contributed by atoms with Crippen molar-refractivity contribution in [1.82, 2.24) is 5.32 Å². The molecule has 1 N–H and O–H groups in total. The van der Waals surface area contributed by atoms with Crippen LogP contribution in [-0.2, 0) is 9.47 Å². The van der Waals surface area contributed by atoms with Gasteiger partial charge in [-0.15, -0.1) is 0 Å². The number of hydrogen-bond acceptors (Lipinski definition) is 4. The fourth-order valence-electron chi connectivity index (χ4n) is 1.89. The lowest BCUT2D eigenvalue weighted by atomic mass is 10.0. The summed E-state index contributed by atoms with van der Waals surface area (Å²) in [6, 6.07) is 0. The van der Waals surface area contributed by atoms with Crippen LogP contribution in [0.2, 0.25) is 0 Å². The van der Waals surface area contributed by atoms with Crippen molar-refractivity contribution < 1.29 is 9.47 Å². The summed E-state index contributed by atoms with van der Waals surface area (Å²) >= 11 is 2.08. The molecule has 0 aromatic rings. The van der Waals surface area contributed by atoms with Crippen molar-refractivity contribution in [2.75, 3.05) is 37.8 Å². The van der Waals surface area contributed by atoms with Gasteiger partial charge in [0.15, 0.2) is 6.29 Å². The second kappa shape index (κ2) is 9.28. The molecule has 0 amide bonds. The molecule has 1 rings (SSSR count). The van der Waals surface area contributed by atoms with E-state index in [0.29, 0.717) is 13.2 Å². The van der Waals surface area contributed by atoms with Gasteiger partial charge in [0.1, 0.15) is 0 Å². The van der Waals surface area contributed by atoms with Gasteiger partial charge < -0.3 is 14.8 Å². The third-order valence-corrected chi connectivity index (χ3v) is 3.84. The summed E-state index contributed by atoms with van der Waals surface area (Å²) in [6.45, 7) is 7.36. The normalized spacial score (nSPS) is 18.2. The van der Waals surface area contributed by atoms with Gasteiger partial charge in [-0.1, -0.05) is 0 Å². The largest absolute Gasteiger partial charge is 0.352 e. The lowest BCUT2D eigenvalue weighted by Crippen LogP contribution is -2.35. The van der Waals surface area contributed by atoms with E-state index in [4.69, 9.17) is 9.47 Å². The molecule has 1 aliphatic heterocycles. The van der Waals surface area contributed by atoms with Crippen LogP contribution in [0.15, 0.2) is 0 Å². The highest BCUT2D eigenvalue weighted by Gasteiger charge is 2.14. The molecule has 0 saturated carbocycles. The van der Waals surface area contributed by atoms with Gasteiger partial charge in [-0.2, -0.15) is 11.8 Å². The van der Waals surface area contributed by atoms with Crippen molar-refractivity contribution in [2.45, 2.75) is 33.0 Å². The molecule has 1 saturated heterocycles. The summed E-state index contributed by atoms with van der Waals surface area (Å²) < 4.78 is 11.0. The Balaban J connectivity index is 2.06. The van der Waals surface area contributed by atoms with Gasteiger partial charge in [0, 0.05) is 19.8 Å². The summed E-state index contributed by atoms with van der Waals surface area (Å²) in [4.78, 5) is 0. The fraction of sp³-hybridized carbons (Fsp3) is 1.00. The van der Waals surface area contributed by atoms with Crippen molar-refractivity contribution in [2.24, 2.45) is 5.92 Å². The highest BCUT2D eigenvalue weighted by atomic mass is 32.2. The zero-order valence-corrected chi connectivity index (χ0v) is 11.4. The molecule has 1 fully saturated rings. The van der Waals surface area contributed by atoms with E-state index >= 15 is 0 Å². The van der Waals surface area contributed by atoms with Gasteiger partial charge in [-0.3, -0.25) is 0 Å². The summed E-state index contributed by atoms with van der Waals surface area (Å²) in [7, 11) is 0. The van der Waals surface area contributed by atoms with Crippen LogP contribution < -0.4 is 5.32 Å². The van der Waals surface area contributed by atoms with Crippen LogP contribution >= 0.6 is 11.8 Å². The fourth-order valence-corrected chi connectivity index (χ4v) is 3.10. The predicted octanol–water partition coefficient (Wildman–Crippen LogP) is 2.12. The number of nitrogens with one attached hydrogen (secondary N) is 1. The Morgan fingerprint density at radius 2 is 1.81 bits per heavy atom. The van der Waals surface area contributed by atoms with Gasteiger partial charge in [-0.25, -0.2) is 0 Å². The van der Waals surface area contributed by atoms with Crippen LogP contribution in [0, 0.1) is 5.92 Å². The second-order valence-corrected chi connectivity index (χ2v) is 5.28. The zero-order chi connectivity index (χ0) is 11.6. The Bertz CT molecular complexity index is 157. The molecule has 96 valence electrons. The number of hydrogen-bond donors (Lipinski definition) is 1. The third-order valence-electron chi connectivity index (χ3n) is 2.79. The SMILES string of the molecule is CCOC(CNCC1CCSCC1)OCC. The van der Waals surface area contributed by atoms with Gasteiger partial charge in [0.2, 0.25) is 0 Å². The quantitative estimate of drug-likeness (QED) is 0.666. The summed E-state index contributed by atoms with van der Waals surface area (Å²) in [6.07, 6.45) is 2.63. The van der Waals surface area contributed by atoms with Gasteiger partial charge in [-0.05, 0) is 50.7 Å². The van der Waals surface area contributed by atoms with Crippen LogP contribution in [0.25, 0.3) is 0 Å². The molecule has 16 heavy (non-hydrogen) atoms. The van der Waals surface area contributed by atoms with Crippen LogP contribution in [0.3, 0.4) is 0 Å². The Hall–Kier alpha value is 0.230. The number of rotatable bonds is 8. The van der Waals surface area contributed by atoms with E-state index in [9.17, 15) is 0 Å². The van der Waals surface area contributed by atoms with E-state index in [-0.39, 0.29) is 6.29 Å². The highest BCUT2D eigenvalue weighted by molar-refractivity contribution is 7.99. The first-order chi connectivity index (χ1) is 7.86. The van der Waals surface area contributed by atoms with E-state index in [1.54, 1.807) is 0 Å². The number of ether oxygens (including phenoxy) is 2. The smallest absolute Gasteiger partial charge is 0.169 e. The second-order valence-electron chi connectivity index (χ2n) is 4.05. The molecule has 1 aliphatic rings. The predicted molar refractivity (Wildman–Crippen MR) is 70.0 cm³/mol. The molecule has 0 radical (unpaired) electrons. The molecule has 0 aliphatic carbocycles. The molecular weight excluding hydrogens is 222 g/mol. The van der Waals surface area contributed by atoms with Crippen molar-refractivity contribution in [1.29, 1.82) is 0 Å². The van der Waals surface area contributed by atoms with E-state index in [1.807, 2.05) is 13.8 Å². The van der Waals surface area contributed by atoms with E-state index in [0.717, 1.165) is 19.0 Å². The summed E-state index contributed by atoms with van der Waals surface area (Å²) in [5.41, 5.74) is 0. The molecule has 3 nitrogen and oxygen atoms in total. The topological polar surface area (TPSA) is 30.5 Å². The van der Waals surface area contributed by atoms with Crippen molar-refractivity contribution in [3.05, 3.63) is 0 Å². The minimum Gasteiger partial charge on any atom is -0.352 e. The highest BCUT2D eigenvalue weighted by Crippen LogP contribution is 2.21. The van der Waals surface area contributed by atoms with Gasteiger partial charge in [0.05, 0.1) is 0 Å². The summed E-state index contributed by atoms with van der Waals surface area (Å²) in [5.74, 6) is 3.50. The molecule has 1 heterocycles. The standard InChI is InChI=1S/C12H25NO2S/c1-3-14-12(15-4-2)10-13-9-11-5-7-16-8-6-11/h11-13H,3-10H2,1-2H3. The molecule has 4 heteroatoms. The Morgan fingerprint density at radius 1 is 1.19 bits per heavy atom. The average Bonchev–Trinajstić information content (AvgIpc) is 2.31. The first kappa shape index (κ1) is 14.3. The van der Waals surface area contributed by atoms with Crippen molar-refractivity contribution in [3.63, 3.8) is 0 Å². The molecule has 0 unspecified atom stereocenters. The first-order valence-electron chi connectivity index (χ1n) is 6.38. The minimum atomic E-state index is -0.0760. The first-order valence-corrected chi connectivity index (χ1v) is 7.54. The maximum Gasteiger partial charge on any atom is 0.169 e.